The number of nitriles is 1. The van der Waals surface area contributed by atoms with Gasteiger partial charge in [0.25, 0.3) is 0 Å². The number of nitrogens with one attached hydrogen (secondary N) is 2. The Morgan fingerprint density at radius 2 is 2.09 bits per heavy atom. The molecule has 1 aliphatic heterocycles. The number of halogens is 5. The van der Waals surface area contributed by atoms with Crippen molar-refractivity contribution in [3.05, 3.63) is 35.4 Å². The smallest absolute Gasteiger partial charge is 0.422 e. The first-order valence-corrected chi connectivity index (χ1v) is 10.4. The zero-order valence-electron chi connectivity index (χ0n) is 18.5. The van der Waals surface area contributed by atoms with E-state index in [1.54, 1.807) is 6.07 Å². The van der Waals surface area contributed by atoms with Crippen molar-refractivity contribution in [2.24, 2.45) is 0 Å². The Balaban J connectivity index is 1.86. The van der Waals surface area contributed by atoms with Gasteiger partial charge >= 0.3 is 6.18 Å². The lowest BCUT2D eigenvalue weighted by molar-refractivity contribution is -0.261. The first kappa shape index (κ1) is 24.6. The fraction of sp³-hybridized carbons (Fsp3) is 0.429. The quantitative estimate of drug-likeness (QED) is 0.461. The van der Waals surface area contributed by atoms with E-state index in [4.69, 9.17) is 4.74 Å². The standard InChI is InChI=1S/C21H20F5N7O2/c1-20(34,21(24,25)26)18-15(35-2)6-16-29-9-14(33(16)32-18)17-12(23)5-10(7-27)19(31-17)30-13-8-28-4-3-11(13)22/h5-6,9,11,13,28,34H,3-4,8H2,1-2H3,(H,30,31)/t11-,13-,20+/m0/s1. The van der Waals surface area contributed by atoms with E-state index in [2.05, 4.69) is 25.7 Å². The zero-order chi connectivity index (χ0) is 25.5. The normalized spacial score (nSPS) is 20.3. The third-order valence-corrected chi connectivity index (χ3v) is 5.75. The van der Waals surface area contributed by atoms with Crippen molar-refractivity contribution in [2.75, 3.05) is 25.5 Å². The Bertz CT molecular complexity index is 1300. The van der Waals surface area contributed by atoms with Gasteiger partial charge in [0, 0.05) is 12.6 Å². The number of imidazole rings is 1. The van der Waals surface area contributed by atoms with Crippen molar-refractivity contribution < 1.29 is 31.8 Å². The zero-order valence-corrected chi connectivity index (χ0v) is 18.5. The van der Waals surface area contributed by atoms with E-state index in [1.807, 2.05) is 0 Å². The SMILES string of the molecule is COc1cc2ncc(-c3nc(N[C@H]4CNCC[C@@H]4F)c(C#N)cc3F)n2nc1[C@@](C)(O)C(F)(F)F. The molecule has 14 heteroatoms. The number of hydrogen-bond donors (Lipinski definition) is 3. The molecule has 0 radical (unpaired) electrons. The molecule has 3 atom stereocenters. The molecule has 4 heterocycles. The fourth-order valence-corrected chi connectivity index (χ4v) is 3.69. The Kier molecular flexibility index (Phi) is 6.24. The molecule has 4 rings (SSSR count). The lowest BCUT2D eigenvalue weighted by Gasteiger charge is -2.28. The maximum absolute atomic E-state index is 15.0. The number of alkyl halides is 4. The molecule has 35 heavy (non-hydrogen) atoms. The van der Waals surface area contributed by atoms with Gasteiger partial charge in [-0.15, -0.1) is 0 Å². The molecule has 1 saturated heterocycles. The Morgan fingerprint density at radius 1 is 1.34 bits per heavy atom. The molecule has 0 amide bonds. The molecular weight excluding hydrogens is 477 g/mol. The van der Waals surface area contributed by atoms with Crippen LogP contribution in [0.25, 0.3) is 17.0 Å². The topological polar surface area (TPSA) is 120 Å². The largest absolute Gasteiger partial charge is 0.495 e. The third kappa shape index (κ3) is 4.32. The maximum atomic E-state index is 15.0. The highest BCUT2D eigenvalue weighted by atomic mass is 19.4. The van der Waals surface area contributed by atoms with Gasteiger partial charge in [-0.3, -0.25) is 0 Å². The highest BCUT2D eigenvalue weighted by Gasteiger charge is 2.54. The molecule has 3 aromatic rings. The summed E-state index contributed by atoms with van der Waals surface area (Å²) in [7, 11) is 1.10. The number of aliphatic hydroxyl groups is 1. The number of hydrogen-bond acceptors (Lipinski definition) is 8. The van der Waals surface area contributed by atoms with Crippen LogP contribution in [0.3, 0.4) is 0 Å². The van der Waals surface area contributed by atoms with Gasteiger partial charge in [-0.25, -0.2) is 23.3 Å². The van der Waals surface area contributed by atoms with Crippen LogP contribution in [0.2, 0.25) is 0 Å². The van der Waals surface area contributed by atoms with E-state index in [-0.39, 0.29) is 41.4 Å². The summed E-state index contributed by atoms with van der Waals surface area (Å²) in [5.74, 6) is -1.47. The van der Waals surface area contributed by atoms with E-state index < -0.39 is 41.2 Å². The molecule has 3 N–H and O–H groups in total. The Hall–Kier alpha value is -3.57. The summed E-state index contributed by atoms with van der Waals surface area (Å²) in [6.07, 6.45) is -4.99. The molecule has 1 aliphatic rings. The van der Waals surface area contributed by atoms with Crippen LogP contribution in [0.15, 0.2) is 18.3 Å². The molecule has 9 nitrogen and oxygen atoms in total. The Morgan fingerprint density at radius 3 is 2.71 bits per heavy atom. The van der Waals surface area contributed by atoms with E-state index in [0.717, 1.165) is 30.0 Å². The molecule has 0 unspecified atom stereocenters. The summed E-state index contributed by atoms with van der Waals surface area (Å²) in [6.45, 7) is 1.23. The number of aromatic nitrogens is 4. The number of anilines is 1. The van der Waals surface area contributed by atoms with Gasteiger partial charge in [-0.05, 0) is 26.0 Å². The second kappa shape index (κ2) is 8.90. The number of rotatable bonds is 5. The average Bonchev–Trinajstić information content (AvgIpc) is 3.22. The van der Waals surface area contributed by atoms with Gasteiger partial charge in [0.2, 0.25) is 5.60 Å². The lowest BCUT2D eigenvalue weighted by Crippen LogP contribution is -2.46. The van der Waals surface area contributed by atoms with Gasteiger partial charge in [0.15, 0.2) is 11.5 Å². The van der Waals surface area contributed by atoms with E-state index in [1.165, 1.54) is 0 Å². The summed E-state index contributed by atoms with van der Waals surface area (Å²) in [6, 6.07) is 3.04. The van der Waals surface area contributed by atoms with E-state index >= 15 is 0 Å². The monoisotopic (exact) mass is 497 g/mol. The molecule has 0 aliphatic carbocycles. The van der Waals surface area contributed by atoms with Crippen LogP contribution in [0.5, 0.6) is 5.75 Å². The lowest BCUT2D eigenvalue weighted by atomic mass is 10.0. The van der Waals surface area contributed by atoms with Crippen LogP contribution in [-0.4, -0.2) is 63.3 Å². The van der Waals surface area contributed by atoms with Gasteiger partial charge in [0.1, 0.15) is 40.9 Å². The van der Waals surface area contributed by atoms with Crippen LogP contribution in [0.1, 0.15) is 24.6 Å². The van der Waals surface area contributed by atoms with Crippen molar-refractivity contribution in [1.29, 1.82) is 5.26 Å². The maximum Gasteiger partial charge on any atom is 0.422 e. The van der Waals surface area contributed by atoms with Crippen LogP contribution >= 0.6 is 0 Å². The first-order chi connectivity index (χ1) is 16.5. The van der Waals surface area contributed by atoms with Crippen molar-refractivity contribution >= 4 is 11.5 Å². The number of nitrogens with zero attached hydrogens (tertiary/aromatic N) is 5. The molecule has 0 spiro atoms. The van der Waals surface area contributed by atoms with Crippen molar-refractivity contribution in [1.82, 2.24) is 24.9 Å². The van der Waals surface area contributed by atoms with Gasteiger partial charge in [-0.1, -0.05) is 0 Å². The van der Waals surface area contributed by atoms with Crippen molar-refractivity contribution in [3.63, 3.8) is 0 Å². The molecule has 0 aromatic carbocycles. The predicted octanol–water partition coefficient (Wildman–Crippen LogP) is 2.69. The summed E-state index contributed by atoms with van der Waals surface area (Å²) in [4.78, 5) is 8.15. The fourth-order valence-electron chi connectivity index (χ4n) is 3.69. The number of piperidine rings is 1. The minimum Gasteiger partial charge on any atom is -0.495 e. The van der Waals surface area contributed by atoms with Crippen LogP contribution in [0.4, 0.5) is 27.8 Å². The third-order valence-electron chi connectivity index (χ3n) is 5.75. The minimum atomic E-state index is -5.10. The van der Waals surface area contributed by atoms with Crippen molar-refractivity contribution in [2.45, 2.75) is 37.3 Å². The second-order valence-corrected chi connectivity index (χ2v) is 8.13. The second-order valence-electron chi connectivity index (χ2n) is 8.13. The summed E-state index contributed by atoms with van der Waals surface area (Å²) >= 11 is 0. The summed E-state index contributed by atoms with van der Waals surface area (Å²) in [5, 5.41) is 29.3. The van der Waals surface area contributed by atoms with E-state index in [9.17, 15) is 32.3 Å². The Labute approximate surface area is 195 Å². The van der Waals surface area contributed by atoms with Crippen LogP contribution < -0.4 is 15.4 Å². The van der Waals surface area contributed by atoms with Crippen LogP contribution in [-0.2, 0) is 5.60 Å². The van der Waals surface area contributed by atoms with Gasteiger partial charge in [-0.2, -0.15) is 23.5 Å². The van der Waals surface area contributed by atoms with Gasteiger partial charge in [0.05, 0.1) is 24.9 Å². The molecule has 1 fully saturated rings. The average molecular weight is 497 g/mol. The van der Waals surface area contributed by atoms with E-state index in [0.29, 0.717) is 13.5 Å². The molecule has 3 aromatic heterocycles. The first-order valence-electron chi connectivity index (χ1n) is 10.4. The molecular formula is C21H20F5N7O2. The highest BCUT2D eigenvalue weighted by molar-refractivity contribution is 5.66. The molecule has 0 saturated carbocycles. The number of pyridine rings is 1. The summed E-state index contributed by atoms with van der Waals surface area (Å²) in [5.41, 5.74) is -5.03. The minimum absolute atomic E-state index is 0.0149. The van der Waals surface area contributed by atoms with Crippen LogP contribution in [0, 0.1) is 17.1 Å². The highest BCUT2D eigenvalue weighted by Crippen LogP contribution is 2.41. The summed E-state index contributed by atoms with van der Waals surface area (Å²) < 4.78 is 75.7. The van der Waals surface area contributed by atoms with Gasteiger partial charge < -0.3 is 20.5 Å². The number of fused-ring (bicyclic) bond motifs is 1. The van der Waals surface area contributed by atoms with Crippen molar-refractivity contribution in [3.8, 4) is 23.2 Å². The predicted molar refractivity (Wildman–Crippen MR) is 113 cm³/mol. The number of ether oxygens (including phenoxy) is 1. The molecule has 0 bridgehead atoms. The molecule has 186 valence electrons. The number of methoxy groups -OCH3 is 1.